The molecule has 0 radical (unpaired) electrons. The largest absolute Gasteiger partial charge is 0.364 e. The van der Waals surface area contributed by atoms with Crippen LogP contribution in [0, 0.1) is 26.2 Å². The number of aryl methyl sites for hydroxylation is 2. The second-order valence-electron chi connectivity index (χ2n) is 2.80. The molecule has 0 bridgehead atoms. The molecule has 1 rings (SSSR count). The predicted octanol–water partition coefficient (Wildman–Crippen LogP) is 3.30. The van der Waals surface area contributed by atoms with Crippen molar-refractivity contribution in [1.82, 2.24) is 4.98 Å². The van der Waals surface area contributed by atoms with E-state index in [-0.39, 0.29) is 0 Å². The third kappa shape index (κ3) is 3.66. The van der Waals surface area contributed by atoms with Crippen LogP contribution in [-0.4, -0.2) is 4.98 Å². The molecule has 0 aliphatic heterocycles. The Labute approximate surface area is 80.9 Å². The second kappa shape index (κ2) is 6.14. The number of terminal acetylenes is 1. The highest BCUT2D eigenvalue weighted by atomic mass is 14.7. The zero-order valence-electron chi connectivity index (χ0n) is 8.81. The van der Waals surface area contributed by atoms with Gasteiger partial charge in [0.15, 0.2) is 0 Å². The number of rotatable bonds is 1. The molecule has 0 aromatic carbocycles. The van der Waals surface area contributed by atoms with Gasteiger partial charge < -0.3 is 4.98 Å². The number of allylic oxidation sites excluding steroid dienone is 1. The molecule has 1 aromatic heterocycles. The number of H-pyrrole nitrogens is 1. The highest BCUT2D eigenvalue weighted by molar-refractivity contribution is 5.55. The van der Waals surface area contributed by atoms with Gasteiger partial charge in [-0.25, -0.2) is 0 Å². The molecule has 0 saturated carbocycles. The quantitative estimate of drug-likeness (QED) is 0.630. The predicted molar refractivity (Wildman–Crippen MR) is 59.5 cm³/mol. The van der Waals surface area contributed by atoms with Crippen molar-refractivity contribution >= 4 is 6.08 Å². The summed E-state index contributed by atoms with van der Waals surface area (Å²) in [6.07, 6.45) is 10.8. The van der Waals surface area contributed by atoms with E-state index in [4.69, 9.17) is 0 Å². The number of hydrogen-bond donors (Lipinski definition) is 1. The number of nitrogens with one attached hydrogen (secondary N) is 1. The third-order valence-electron chi connectivity index (χ3n) is 1.67. The summed E-state index contributed by atoms with van der Waals surface area (Å²) in [6, 6.07) is 0. The van der Waals surface area contributed by atoms with Gasteiger partial charge in [-0.05, 0) is 38.8 Å². The first-order chi connectivity index (χ1) is 6.17. The van der Waals surface area contributed by atoms with E-state index in [2.05, 4.69) is 43.3 Å². The topological polar surface area (TPSA) is 15.8 Å². The summed E-state index contributed by atoms with van der Waals surface area (Å²) in [4.78, 5) is 3.17. The van der Waals surface area contributed by atoms with Gasteiger partial charge in [0.1, 0.15) is 0 Å². The summed E-state index contributed by atoms with van der Waals surface area (Å²) < 4.78 is 0. The summed E-state index contributed by atoms with van der Waals surface area (Å²) in [7, 11) is 0. The van der Waals surface area contributed by atoms with Crippen LogP contribution >= 0.6 is 0 Å². The Morgan fingerprint density at radius 1 is 1.46 bits per heavy atom. The normalized spacial score (nSPS) is 9.15. The number of aromatic nitrogens is 1. The van der Waals surface area contributed by atoms with Gasteiger partial charge in [-0.2, -0.15) is 0 Å². The average molecular weight is 175 g/mol. The molecule has 1 aromatic rings. The first-order valence-corrected chi connectivity index (χ1v) is 4.32. The lowest BCUT2D eigenvalue weighted by Crippen LogP contribution is -1.74. The smallest absolute Gasteiger partial charge is 0.0191 e. The Balaban J connectivity index is 0.000000424. The lowest BCUT2D eigenvalue weighted by atomic mass is 10.1. The van der Waals surface area contributed by atoms with Crippen LogP contribution in [0.5, 0.6) is 0 Å². The molecule has 0 spiro atoms. The van der Waals surface area contributed by atoms with Gasteiger partial charge >= 0.3 is 0 Å². The van der Waals surface area contributed by atoms with Crippen LogP contribution in [0.25, 0.3) is 6.08 Å². The minimum Gasteiger partial charge on any atom is -0.364 e. The van der Waals surface area contributed by atoms with Crippen molar-refractivity contribution in [3.63, 3.8) is 0 Å². The van der Waals surface area contributed by atoms with E-state index in [1.165, 1.54) is 16.8 Å². The lowest BCUT2D eigenvalue weighted by molar-refractivity contribution is 1.26. The molecular formula is C12H17N. The van der Waals surface area contributed by atoms with Crippen LogP contribution in [0.2, 0.25) is 0 Å². The summed E-state index contributed by atoms with van der Waals surface area (Å²) in [5.74, 6) is 2.25. The van der Waals surface area contributed by atoms with Gasteiger partial charge in [-0.1, -0.05) is 12.2 Å². The van der Waals surface area contributed by atoms with Crippen molar-refractivity contribution in [2.45, 2.75) is 27.7 Å². The van der Waals surface area contributed by atoms with Gasteiger partial charge in [-0.3, -0.25) is 0 Å². The van der Waals surface area contributed by atoms with Crippen molar-refractivity contribution in [1.29, 1.82) is 0 Å². The van der Waals surface area contributed by atoms with Gasteiger partial charge in [0.2, 0.25) is 0 Å². The van der Waals surface area contributed by atoms with E-state index in [1.807, 2.05) is 13.1 Å². The molecule has 0 unspecified atom stereocenters. The molecule has 13 heavy (non-hydrogen) atoms. The van der Waals surface area contributed by atoms with Crippen molar-refractivity contribution in [2.24, 2.45) is 0 Å². The molecule has 70 valence electrons. The fraction of sp³-hybridized carbons (Fsp3) is 0.333. The van der Waals surface area contributed by atoms with E-state index in [0.717, 1.165) is 0 Å². The highest BCUT2D eigenvalue weighted by Gasteiger charge is 1.97. The maximum Gasteiger partial charge on any atom is 0.0191 e. The van der Waals surface area contributed by atoms with Crippen molar-refractivity contribution in [3.05, 3.63) is 29.1 Å². The Kier molecular flexibility index (Phi) is 5.47. The minimum absolute atomic E-state index is 1.25. The summed E-state index contributed by atoms with van der Waals surface area (Å²) in [6.45, 7) is 7.88. The van der Waals surface area contributed by atoms with Crippen LogP contribution in [0.1, 0.15) is 30.7 Å². The molecule has 0 aliphatic rings. The summed E-state index contributed by atoms with van der Waals surface area (Å²) in [5.41, 5.74) is 3.88. The molecule has 0 atom stereocenters. The zero-order valence-corrected chi connectivity index (χ0v) is 8.81. The Morgan fingerprint density at radius 2 is 2.00 bits per heavy atom. The molecule has 0 fully saturated rings. The molecule has 1 heterocycles. The maximum absolute atomic E-state index is 4.60. The van der Waals surface area contributed by atoms with Crippen LogP contribution in [0.15, 0.2) is 12.3 Å². The molecule has 1 heteroatoms. The maximum atomic E-state index is 4.60. The van der Waals surface area contributed by atoms with Crippen LogP contribution in [0.4, 0.5) is 0 Å². The van der Waals surface area contributed by atoms with Crippen molar-refractivity contribution < 1.29 is 0 Å². The lowest BCUT2D eigenvalue weighted by Gasteiger charge is -1.90. The SMILES string of the molecule is C#CC.C/C=C\c1c(C)c[nH]c1C. The first-order valence-electron chi connectivity index (χ1n) is 4.32. The average Bonchev–Trinajstić information content (AvgIpc) is 2.38. The summed E-state index contributed by atoms with van der Waals surface area (Å²) >= 11 is 0. The first kappa shape index (κ1) is 11.6. The van der Waals surface area contributed by atoms with Crippen LogP contribution in [-0.2, 0) is 0 Å². The fourth-order valence-electron chi connectivity index (χ4n) is 1.09. The minimum atomic E-state index is 1.25. The van der Waals surface area contributed by atoms with Crippen molar-refractivity contribution in [3.8, 4) is 12.3 Å². The Bertz CT molecular complexity index is 291. The molecule has 0 aliphatic carbocycles. The Hall–Kier alpha value is -1.42. The molecule has 1 nitrogen and oxygen atoms in total. The molecular weight excluding hydrogens is 158 g/mol. The van der Waals surface area contributed by atoms with E-state index in [1.54, 1.807) is 6.92 Å². The van der Waals surface area contributed by atoms with E-state index >= 15 is 0 Å². The number of hydrogen-bond acceptors (Lipinski definition) is 0. The van der Waals surface area contributed by atoms with E-state index in [9.17, 15) is 0 Å². The van der Waals surface area contributed by atoms with Gasteiger partial charge in [0.05, 0.1) is 0 Å². The zero-order chi connectivity index (χ0) is 10.3. The number of aromatic amines is 1. The van der Waals surface area contributed by atoms with Gasteiger partial charge in [0, 0.05) is 11.9 Å². The second-order valence-corrected chi connectivity index (χ2v) is 2.80. The van der Waals surface area contributed by atoms with Crippen molar-refractivity contribution in [2.75, 3.05) is 0 Å². The van der Waals surface area contributed by atoms with Crippen LogP contribution < -0.4 is 0 Å². The fourth-order valence-corrected chi connectivity index (χ4v) is 1.09. The van der Waals surface area contributed by atoms with Gasteiger partial charge in [0.25, 0.3) is 0 Å². The Morgan fingerprint density at radius 3 is 2.31 bits per heavy atom. The highest BCUT2D eigenvalue weighted by Crippen LogP contribution is 2.13. The molecule has 0 amide bonds. The standard InChI is InChI=1S/C9H13N.C3H4/c1-4-5-9-7(2)6-10-8(9)3;1-3-2/h4-6,10H,1-3H3;1H,2H3/b5-4-;. The molecule has 0 saturated heterocycles. The monoisotopic (exact) mass is 175 g/mol. The summed E-state index contributed by atoms with van der Waals surface area (Å²) in [5, 5.41) is 0. The third-order valence-corrected chi connectivity index (χ3v) is 1.67. The van der Waals surface area contributed by atoms with E-state index in [0.29, 0.717) is 0 Å². The molecule has 1 N–H and O–H groups in total. The van der Waals surface area contributed by atoms with Gasteiger partial charge in [-0.15, -0.1) is 12.3 Å². The van der Waals surface area contributed by atoms with E-state index < -0.39 is 0 Å². The van der Waals surface area contributed by atoms with Crippen LogP contribution in [0.3, 0.4) is 0 Å².